The number of hydrogen-bond donors (Lipinski definition) is 1. The van der Waals surface area contributed by atoms with Gasteiger partial charge in [-0.3, -0.25) is 9.88 Å². The quantitative estimate of drug-likeness (QED) is 0.798. The minimum Gasteiger partial charge on any atom is -0.328 e. The van der Waals surface area contributed by atoms with Crippen LogP contribution in [0.5, 0.6) is 0 Å². The lowest BCUT2D eigenvalue weighted by atomic mass is 10.1. The van der Waals surface area contributed by atoms with Crippen molar-refractivity contribution in [3.63, 3.8) is 0 Å². The van der Waals surface area contributed by atoms with E-state index in [9.17, 15) is 0 Å². The van der Waals surface area contributed by atoms with E-state index in [-0.39, 0.29) is 6.04 Å². The zero-order valence-corrected chi connectivity index (χ0v) is 9.85. The Morgan fingerprint density at radius 1 is 1.33 bits per heavy atom. The van der Waals surface area contributed by atoms with Crippen LogP contribution in [-0.4, -0.2) is 29.0 Å². The van der Waals surface area contributed by atoms with Crippen LogP contribution in [0.3, 0.4) is 0 Å². The van der Waals surface area contributed by atoms with Gasteiger partial charge in [0.15, 0.2) is 0 Å². The molecule has 2 atom stereocenters. The summed E-state index contributed by atoms with van der Waals surface area (Å²) in [7, 11) is 2.13. The summed E-state index contributed by atoms with van der Waals surface area (Å²) < 4.78 is 0. The first-order valence-electron chi connectivity index (χ1n) is 5.44. The Hall–Kier alpha value is -0.930. The smallest absolute Gasteiger partial charge is 0.0271 e. The van der Waals surface area contributed by atoms with Gasteiger partial charge in [0, 0.05) is 31.0 Å². The molecule has 15 heavy (non-hydrogen) atoms. The molecular weight excluding hydrogens is 186 g/mol. The van der Waals surface area contributed by atoms with Gasteiger partial charge in [0.2, 0.25) is 0 Å². The second kappa shape index (κ2) is 5.83. The number of hydrogen-bond acceptors (Lipinski definition) is 3. The Morgan fingerprint density at radius 2 is 1.93 bits per heavy atom. The van der Waals surface area contributed by atoms with Gasteiger partial charge in [0.25, 0.3) is 0 Å². The van der Waals surface area contributed by atoms with Crippen LogP contribution in [0.25, 0.3) is 0 Å². The number of pyridine rings is 1. The fraction of sp³-hybridized carbons (Fsp3) is 0.583. The fourth-order valence-electron chi connectivity index (χ4n) is 1.65. The normalized spacial score (nSPS) is 15.3. The maximum Gasteiger partial charge on any atom is 0.0271 e. The molecule has 0 aliphatic heterocycles. The van der Waals surface area contributed by atoms with Crippen molar-refractivity contribution in [3.8, 4) is 0 Å². The van der Waals surface area contributed by atoms with Gasteiger partial charge in [0.1, 0.15) is 0 Å². The van der Waals surface area contributed by atoms with E-state index in [1.807, 2.05) is 12.4 Å². The van der Waals surface area contributed by atoms with E-state index in [4.69, 9.17) is 5.73 Å². The molecule has 0 spiro atoms. The van der Waals surface area contributed by atoms with E-state index in [0.717, 1.165) is 13.0 Å². The van der Waals surface area contributed by atoms with Crippen LogP contribution in [-0.2, 0) is 6.54 Å². The van der Waals surface area contributed by atoms with E-state index < -0.39 is 0 Å². The molecule has 0 aliphatic carbocycles. The summed E-state index contributed by atoms with van der Waals surface area (Å²) in [6, 6.07) is 4.88. The van der Waals surface area contributed by atoms with Crippen LogP contribution in [0.1, 0.15) is 25.8 Å². The van der Waals surface area contributed by atoms with Gasteiger partial charge in [-0.05, 0) is 45.0 Å². The molecular formula is C12H21N3. The third-order valence-corrected chi connectivity index (χ3v) is 2.65. The van der Waals surface area contributed by atoms with Gasteiger partial charge >= 0.3 is 0 Å². The molecule has 0 aromatic carbocycles. The summed E-state index contributed by atoms with van der Waals surface area (Å²) in [5.74, 6) is 0. The Morgan fingerprint density at radius 3 is 2.47 bits per heavy atom. The maximum atomic E-state index is 5.79. The molecule has 2 unspecified atom stereocenters. The fourth-order valence-corrected chi connectivity index (χ4v) is 1.65. The van der Waals surface area contributed by atoms with Gasteiger partial charge < -0.3 is 5.73 Å². The summed E-state index contributed by atoms with van der Waals surface area (Å²) in [5.41, 5.74) is 7.08. The molecule has 0 amide bonds. The molecule has 1 rings (SSSR count). The Balaban J connectivity index is 2.45. The predicted octanol–water partition coefficient (Wildman–Crippen LogP) is 1.64. The maximum absolute atomic E-state index is 5.79. The molecule has 3 nitrogen and oxygen atoms in total. The van der Waals surface area contributed by atoms with E-state index in [2.05, 4.69) is 42.9 Å². The molecule has 1 aromatic heterocycles. The highest BCUT2D eigenvalue weighted by Crippen LogP contribution is 2.08. The molecule has 2 N–H and O–H groups in total. The molecule has 0 saturated heterocycles. The molecule has 0 saturated carbocycles. The van der Waals surface area contributed by atoms with Crippen molar-refractivity contribution < 1.29 is 0 Å². The third kappa shape index (κ3) is 4.40. The predicted molar refractivity (Wildman–Crippen MR) is 63.4 cm³/mol. The molecule has 1 heterocycles. The number of nitrogens with two attached hydrogens (primary N) is 1. The Bertz CT molecular complexity index is 271. The summed E-state index contributed by atoms with van der Waals surface area (Å²) in [5, 5.41) is 0. The first-order chi connectivity index (χ1) is 7.09. The minimum atomic E-state index is 0.264. The van der Waals surface area contributed by atoms with Crippen molar-refractivity contribution in [2.24, 2.45) is 5.73 Å². The van der Waals surface area contributed by atoms with Gasteiger partial charge in [-0.1, -0.05) is 0 Å². The van der Waals surface area contributed by atoms with Crippen molar-refractivity contribution in [1.29, 1.82) is 0 Å². The zero-order valence-electron chi connectivity index (χ0n) is 9.85. The Kier molecular flexibility index (Phi) is 4.72. The Labute approximate surface area is 92.3 Å². The van der Waals surface area contributed by atoms with E-state index >= 15 is 0 Å². The standard InChI is InChI=1S/C12H21N3/c1-10(13)8-11(2)15(3)9-12-4-6-14-7-5-12/h4-7,10-11H,8-9,13H2,1-3H3. The van der Waals surface area contributed by atoms with Gasteiger partial charge in [0.05, 0.1) is 0 Å². The van der Waals surface area contributed by atoms with Crippen LogP contribution < -0.4 is 5.73 Å². The highest BCUT2D eigenvalue weighted by atomic mass is 15.1. The number of rotatable bonds is 5. The molecule has 0 radical (unpaired) electrons. The second-order valence-electron chi connectivity index (χ2n) is 4.33. The molecule has 0 bridgehead atoms. The summed E-state index contributed by atoms with van der Waals surface area (Å²) in [6.07, 6.45) is 4.69. The second-order valence-corrected chi connectivity index (χ2v) is 4.33. The molecule has 0 fully saturated rings. The average Bonchev–Trinajstić information content (AvgIpc) is 2.18. The topological polar surface area (TPSA) is 42.1 Å². The largest absolute Gasteiger partial charge is 0.328 e. The monoisotopic (exact) mass is 207 g/mol. The van der Waals surface area contributed by atoms with E-state index in [1.165, 1.54) is 5.56 Å². The lowest BCUT2D eigenvalue weighted by Gasteiger charge is -2.26. The van der Waals surface area contributed by atoms with Crippen molar-refractivity contribution in [2.45, 2.75) is 38.9 Å². The van der Waals surface area contributed by atoms with Crippen molar-refractivity contribution in [3.05, 3.63) is 30.1 Å². The van der Waals surface area contributed by atoms with E-state index in [1.54, 1.807) is 0 Å². The lowest BCUT2D eigenvalue weighted by Crippen LogP contribution is -2.33. The summed E-state index contributed by atoms with van der Waals surface area (Å²) in [6.45, 7) is 5.22. The van der Waals surface area contributed by atoms with Gasteiger partial charge in [-0.2, -0.15) is 0 Å². The van der Waals surface area contributed by atoms with E-state index in [0.29, 0.717) is 6.04 Å². The van der Waals surface area contributed by atoms with Crippen LogP contribution >= 0.6 is 0 Å². The third-order valence-electron chi connectivity index (χ3n) is 2.65. The highest BCUT2D eigenvalue weighted by Gasteiger charge is 2.11. The molecule has 3 heteroatoms. The first-order valence-corrected chi connectivity index (χ1v) is 5.44. The highest BCUT2D eigenvalue weighted by molar-refractivity contribution is 5.09. The zero-order chi connectivity index (χ0) is 11.3. The van der Waals surface area contributed by atoms with Crippen LogP contribution in [0.2, 0.25) is 0 Å². The number of aromatic nitrogens is 1. The first kappa shape index (κ1) is 12.1. The van der Waals surface area contributed by atoms with Crippen molar-refractivity contribution in [2.75, 3.05) is 7.05 Å². The van der Waals surface area contributed by atoms with Gasteiger partial charge in [-0.15, -0.1) is 0 Å². The summed E-state index contributed by atoms with van der Waals surface area (Å²) >= 11 is 0. The molecule has 1 aromatic rings. The lowest BCUT2D eigenvalue weighted by molar-refractivity contribution is 0.230. The molecule has 0 aliphatic rings. The molecule has 84 valence electrons. The summed E-state index contributed by atoms with van der Waals surface area (Å²) in [4.78, 5) is 6.33. The van der Waals surface area contributed by atoms with Crippen molar-refractivity contribution in [1.82, 2.24) is 9.88 Å². The van der Waals surface area contributed by atoms with Gasteiger partial charge in [-0.25, -0.2) is 0 Å². The van der Waals surface area contributed by atoms with Crippen molar-refractivity contribution >= 4 is 0 Å². The van der Waals surface area contributed by atoms with Crippen LogP contribution in [0, 0.1) is 0 Å². The van der Waals surface area contributed by atoms with Crippen LogP contribution in [0.15, 0.2) is 24.5 Å². The van der Waals surface area contributed by atoms with Crippen LogP contribution in [0.4, 0.5) is 0 Å². The minimum absolute atomic E-state index is 0.264. The SMILES string of the molecule is CC(N)CC(C)N(C)Cc1ccncc1. The number of nitrogens with zero attached hydrogens (tertiary/aromatic N) is 2. The average molecular weight is 207 g/mol.